The number of aromatic amines is 1. The minimum atomic E-state index is -0.326. The molecule has 5 nitrogen and oxygen atoms in total. The van der Waals surface area contributed by atoms with Gasteiger partial charge in [0.25, 0.3) is 5.91 Å². The number of hydrogen-bond donors (Lipinski definition) is 1. The van der Waals surface area contributed by atoms with Gasteiger partial charge in [-0.15, -0.1) is 0 Å². The average molecular weight is 280 g/mol. The minimum Gasteiger partial charge on any atom is -0.366 e. The fourth-order valence-electron chi connectivity index (χ4n) is 2.17. The fraction of sp³-hybridized carbons (Fsp3) is 0.188. The molecule has 5 heteroatoms. The van der Waals surface area contributed by atoms with Crippen molar-refractivity contribution >= 4 is 33.5 Å². The summed E-state index contributed by atoms with van der Waals surface area (Å²) in [5, 5.41) is 2.07. The molecule has 0 fully saturated rings. The average Bonchev–Trinajstić information content (AvgIpc) is 2.84. The Morgan fingerprint density at radius 3 is 2.71 bits per heavy atom. The Hall–Kier alpha value is -2.69. The highest BCUT2D eigenvalue weighted by atomic mass is 16.1. The Labute approximate surface area is 122 Å². The van der Waals surface area contributed by atoms with Gasteiger partial charge in [-0.2, -0.15) is 4.99 Å². The van der Waals surface area contributed by atoms with E-state index in [1.165, 1.54) is 0 Å². The van der Waals surface area contributed by atoms with Crippen LogP contribution in [0.25, 0.3) is 21.8 Å². The number of fused-ring (bicyclic) bond motifs is 3. The van der Waals surface area contributed by atoms with Crippen molar-refractivity contribution in [2.75, 3.05) is 14.1 Å². The summed E-state index contributed by atoms with van der Waals surface area (Å²) in [5.41, 5.74) is 2.31. The first-order valence-corrected chi connectivity index (χ1v) is 6.69. The van der Waals surface area contributed by atoms with Crippen molar-refractivity contribution in [3.63, 3.8) is 0 Å². The normalized spacial score (nSPS) is 12.0. The summed E-state index contributed by atoms with van der Waals surface area (Å²) >= 11 is 0. The number of amidine groups is 1. The van der Waals surface area contributed by atoms with Crippen molar-refractivity contribution in [3.8, 4) is 0 Å². The van der Waals surface area contributed by atoms with E-state index >= 15 is 0 Å². The molecule has 3 rings (SSSR count). The van der Waals surface area contributed by atoms with E-state index in [-0.39, 0.29) is 5.91 Å². The standard InChI is InChI=1S/C16H16N4O/c1-10(20(2)3)18-16(21)14-8-12-11-6-4-5-7-13(11)19-15(12)9-17-14/h4-9,19H,1-3H3/b18-10-. The summed E-state index contributed by atoms with van der Waals surface area (Å²) in [6, 6.07) is 9.78. The molecule has 2 heterocycles. The van der Waals surface area contributed by atoms with Gasteiger partial charge in [0.15, 0.2) is 0 Å². The Morgan fingerprint density at radius 1 is 1.19 bits per heavy atom. The van der Waals surface area contributed by atoms with Gasteiger partial charge in [0, 0.05) is 30.4 Å². The van der Waals surface area contributed by atoms with Gasteiger partial charge in [-0.1, -0.05) is 18.2 Å². The number of rotatable bonds is 1. The second-order valence-corrected chi connectivity index (χ2v) is 5.14. The number of aliphatic imine (C=N–C) groups is 1. The molecule has 0 saturated heterocycles. The van der Waals surface area contributed by atoms with Crippen molar-refractivity contribution in [2.24, 2.45) is 4.99 Å². The molecule has 106 valence electrons. The van der Waals surface area contributed by atoms with E-state index < -0.39 is 0 Å². The first-order chi connectivity index (χ1) is 10.1. The molecule has 0 bridgehead atoms. The van der Waals surface area contributed by atoms with Crippen LogP contribution in [0.3, 0.4) is 0 Å². The topological polar surface area (TPSA) is 61.4 Å². The Balaban J connectivity index is 2.10. The number of carbonyl (C=O) groups excluding carboxylic acids is 1. The molecule has 0 unspecified atom stereocenters. The minimum absolute atomic E-state index is 0.326. The maximum Gasteiger partial charge on any atom is 0.297 e. The van der Waals surface area contributed by atoms with E-state index in [0.717, 1.165) is 21.8 Å². The second-order valence-electron chi connectivity index (χ2n) is 5.14. The van der Waals surface area contributed by atoms with Crippen LogP contribution in [0, 0.1) is 0 Å². The molecule has 0 aliphatic rings. The zero-order chi connectivity index (χ0) is 15.0. The lowest BCUT2D eigenvalue weighted by Gasteiger charge is -2.09. The molecule has 0 atom stereocenters. The number of hydrogen-bond acceptors (Lipinski definition) is 2. The van der Waals surface area contributed by atoms with Crippen molar-refractivity contribution in [2.45, 2.75) is 6.92 Å². The maximum atomic E-state index is 12.2. The molecule has 0 saturated carbocycles. The number of para-hydroxylation sites is 1. The van der Waals surface area contributed by atoms with Crippen LogP contribution in [0.5, 0.6) is 0 Å². The molecule has 1 amide bonds. The first kappa shape index (κ1) is 13.3. The van der Waals surface area contributed by atoms with Gasteiger partial charge in [0.05, 0.1) is 11.7 Å². The monoisotopic (exact) mass is 280 g/mol. The van der Waals surface area contributed by atoms with E-state index in [9.17, 15) is 4.79 Å². The number of amides is 1. The van der Waals surface area contributed by atoms with E-state index in [1.807, 2.05) is 38.4 Å². The Kier molecular flexibility index (Phi) is 3.17. The van der Waals surface area contributed by atoms with Crippen molar-refractivity contribution < 1.29 is 4.79 Å². The van der Waals surface area contributed by atoms with Crippen LogP contribution >= 0.6 is 0 Å². The third kappa shape index (κ3) is 2.38. The lowest BCUT2D eigenvalue weighted by molar-refractivity contribution is 0.0997. The molecule has 1 aromatic carbocycles. The van der Waals surface area contributed by atoms with E-state index in [2.05, 4.69) is 15.0 Å². The number of benzene rings is 1. The summed E-state index contributed by atoms with van der Waals surface area (Å²) in [7, 11) is 3.70. The van der Waals surface area contributed by atoms with Gasteiger partial charge in [0.2, 0.25) is 0 Å². The number of H-pyrrole nitrogens is 1. The molecule has 21 heavy (non-hydrogen) atoms. The molecule has 3 aromatic rings. The van der Waals surface area contributed by atoms with Crippen LogP contribution in [-0.2, 0) is 0 Å². The maximum absolute atomic E-state index is 12.2. The molecule has 2 aromatic heterocycles. The third-order valence-electron chi connectivity index (χ3n) is 3.52. The highest BCUT2D eigenvalue weighted by Crippen LogP contribution is 2.25. The zero-order valence-corrected chi connectivity index (χ0v) is 12.2. The summed E-state index contributed by atoms with van der Waals surface area (Å²) in [6.45, 7) is 1.79. The quantitative estimate of drug-likeness (QED) is 0.550. The SMILES string of the molecule is C/C(=N/C(=O)c1cc2c(cn1)[nH]c1ccccc12)N(C)C. The van der Waals surface area contributed by atoms with E-state index in [4.69, 9.17) is 0 Å². The largest absolute Gasteiger partial charge is 0.366 e. The van der Waals surface area contributed by atoms with Crippen molar-refractivity contribution in [1.29, 1.82) is 0 Å². The van der Waals surface area contributed by atoms with Crippen LogP contribution in [0.4, 0.5) is 0 Å². The van der Waals surface area contributed by atoms with E-state index in [0.29, 0.717) is 11.5 Å². The highest BCUT2D eigenvalue weighted by Gasteiger charge is 2.11. The van der Waals surface area contributed by atoms with Crippen LogP contribution in [0.2, 0.25) is 0 Å². The smallest absolute Gasteiger partial charge is 0.297 e. The van der Waals surface area contributed by atoms with Gasteiger partial charge < -0.3 is 9.88 Å². The van der Waals surface area contributed by atoms with Gasteiger partial charge in [-0.25, -0.2) is 4.98 Å². The number of carbonyl (C=O) groups is 1. The van der Waals surface area contributed by atoms with Crippen LogP contribution in [-0.4, -0.2) is 40.7 Å². The van der Waals surface area contributed by atoms with Gasteiger partial charge in [-0.05, 0) is 19.1 Å². The molecule has 1 N–H and O–H groups in total. The first-order valence-electron chi connectivity index (χ1n) is 6.69. The number of pyridine rings is 1. The number of nitrogens with zero attached hydrogens (tertiary/aromatic N) is 3. The lowest BCUT2D eigenvalue weighted by atomic mass is 10.1. The summed E-state index contributed by atoms with van der Waals surface area (Å²) in [6.07, 6.45) is 1.68. The van der Waals surface area contributed by atoms with Crippen LogP contribution in [0.1, 0.15) is 17.4 Å². The van der Waals surface area contributed by atoms with Crippen molar-refractivity contribution in [3.05, 3.63) is 42.2 Å². The molecular weight excluding hydrogens is 264 g/mol. The molecule has 0 radical (unpaired) electrons. The molecule has 0 aliphatic heterocycles. The van der Waals surface area contributed by atoms with Crippen LogP contribution in [0.15, 0.2) is 41.5 Å². The van der Waals surface area contributed by atoms with Crippen molar-refractivity contribution in [1.82, 2.24) is 14.9 Å². The van der Waals surface area contributed by atoms with Gasteiger partial charge >= 0.3 is 0 Å². The van der Waals surface area contributed by atoms with Gasteiger partial charge in [-0.3, -0.25) is 4.79 Å². The zero-order valence-electron chi connectivity index (χ0n) is 12.2. The summed E-state index contributed by atoms with van der Waals surface area (Å²) in [5.74, 6) is 0.328. The highest BCUT2D eigenvalue weighted by molar-refractivity contribution is 6.10. The summed E-state index contributed by atoms with van der Waals surface area (Å²) in [4.78, 5) is 25.5. The predicted octanol–water partition coefficient (Wildman–Crippen LogP) is 2.84. The fourth-order valence-corrected chi connectivity index (χ4v) is 2.17. The Morgan fingerprint density at radius 2 is 1.95 bits per heavy atom. The Bertz CT molecular complexity index is 861. The van der Waals surface area contributed by atoms with Gasteiger partial charge in [0.1, 0.15) is 11.5 Å². The second kappa shape index (κ2) is 5.01. The molecule has 0 spiro atoms. The molecule has 0 aliphatic carbocycles. The van der Waals surface area contributed by atoms with E-state index in [1.54, 1.807) is 24.1 Å². The summed E-state index contributed by atoms with van der Waals surface area (Å²) < 4.78 is 0. The van der Waals surface area contributed by atoms with Crippen LogP contribution < -0.4 is 0 Å². The number of nitrogens with one attached hydrogen (secondary N) is 1. The lowest BCUT2D eigenvalue weighted by Crippen LogP contribution is -2.20. The molecular formula is C16H16N4O. The predicted molar refractivity (Wildman–Crippen MR) is 84.7 cm³/mol. The third-order valence-corrected chi connectivity index (χ3v) is 3.52. The number of aromatic nitrogens is 2.